The minimum atomic E-state index is 0.165. The third-order valence-corrected chi connectivity index (χ3v) is 2.34. The van der Waals surface area contributed by atoms with Gasteiger partial charge in [0.1, 0.15) is 0 Å². The molecule has 2 nitrogen and oxygen atoms in total. The second kappa shape index (κ2) is 6.35. The van der Waals surface area contributed by atoms with Gasteiger partial charge in [0, 0.05) is 18.2 Å². The first kappa shape index (κ1) is 11.8. The summed E-state index contributed by atoms with van der Waals surface area (Å²) in [6.07, 6.45) is 0.640. The van der Waals surface area contributed by atoms with Crippen molar-refractivity contribution in [3.63, 3.8) is 0 Å². The molecule has 0 saturated heterocycles. The van der Waals surface area contributed by atoms with Gasteiger partial charge in [0.25, 0.3) is 0 Å². The molecule has 0 radical (unpaired) electrons. The Morgan fingerprint density at radius 3 is 2.33 bits per heavy atom. The number of hydrogen-bond donors (Lipinski definition) is 1. The molecule has 0 fully saturated rings. The fourth-order valence-electron chi connectivity index (χ4n) is 0.781. The van der Waals surface area contributed by atoms with E-state index in [9.17, 15) is 4.79 Å². The van der Waals surface area contributed by atoms with Gasteiger partial charge in [-0.25, -0.2) is 0 Å². The van der Waals surface area contributed by atoms with Crippen molar-refractivity contribution in [1.29, 1.82) is 0 Å². The summed E-state index contributed by atoms with van der Waals surface area (Å²) in [4.78, 5) is 11.1. The SMILES string of the molecule is CC(C)NC(=O)CCSC(C)C. The maximum absolute atomic E-state index is 11.1. The van der Waals surface area contributed by atoms with Gasteiger partial charge < -0.3 is 5.32 Å². The zero-order chi connectivity index (χ0) is 9.56. The van der Waals surface area contributed by atoms with E-state index in [-0.39, 0.29) is 11.9 Å². The second-order valence-electron chi connectivity index (χ2n) is 3.39. The van der Waals surface area contributed by atoms with Gasteiger partial charge in [-0.2, -0.15) is 11.8 Å². The van der Waals surface area contributed by atoms with Crippen molar-refractivity contribution in [3.05, 3.63) is 0 Å². The van der Waals surface area contributed by atoms with Crippen molar-refractivity contribution in [2.45, 2.75) is 45.4 Å². The molecule has 12 heavy (non-hydrogen) atoms. The zero-order valence-electron chi connectivity index (χ0n) is 8.39. The van der Waals surface area contributed by atoms with E-state index in [0.29, 0.717) is 11.7 Å². The summed E-state index contributed by atoms with van der Waals surface area (Å²) >= 11 is 1.83. The fraction of sp³-hybridized carbons (Fsp3) is 0.889. The van der Waals surface area contributed by atoms with Gasteiger partial charge in [0.15, 0.2) is 0 Å². The van der Waals surface area contributed by atoms with Crippen LogP contribution in [0.5, 0.6) is 0 Å². The molecule has 3 heteroatoms. The quantitative estimate of drug-likeness (QED) is 0.717. The summed E-state index contributed by atoms with van der Waals surface area (Å²) in [5, 5.41) is 3.49. The van der Waals surface area contributed by atoms with E-state index in [1.165, 1.54) is 0 Å². The van der Waals surface area contributed by atoms with Crippen molar-refractivity contribution in [1.82, 2.24) is 5.32 Å². The first-order valence-electron chi connectivity index (χ1n) is 4.43. The van der Waals surface area contributed by atoms with E-state index in [2.05, 4.69) is 19.2 Å². The van der Waals surface area contributed by atoms with Gasteiger partial charge in [0.2, 0.25) is 5.91 Å². The summed E-state index contributed by atoms with van der Waals surface area (Å²) in [6.45, 7) is 8.25. The van der Waals surface area contributed by atoms with Gasteiger partial charge in [-0.3, -0.25) is 4.79 Å². The third-order valence-electron chi connectivity index (χ3n) is 1.23. The Morgan fingerprint density at radius 1 is 1.33 bits per heavy atom. The highest BCUT2D eigenvalue weighted by Crippen LogP contribution is 2.09. The van der Waals surface area contributed by atoms with E-state index in [0.717, 1.165) is 5.75 Å². The third kappa shape index (κ3) is 7.92. The maximum atomic E-state index is 11.1. The second-order valence-corrected chi connectivity index (χ2v) is 5.08. The first-order chi connectivity index (χ1) is 5.52. The van der Waals surface area contributed by atoms with Crippen LogP contribution in [0, 0.1) is 0 Å². The molecule has 0 aromatic carbocycles. The molecule has 0 unspecified atom stereocenters. The number of amides is 1. The van der Waals surface area contributed by atoms with Crippen LogP contribution in [0.3, 0.4) is 0 Å². The van der Waals surface area contributed by atoms with Crippen molar-refractivity contribution in [3.8, 4) is 0 Å². The average molecular weight is 189 g/mol. The standard InChI is InChI=1S/C9H19NOS/c1-7(2)10-9(11)5-6-12-8(3)4/h7-8H,5-6H2,1-4H3,(H,10,11). The van der Waals surface area contributed by atoms with Crippen LogP contribution in [-0.2, 0) is 4.79 Å². The highest BCUT2D eigenvalue weighted by molar-refractivity contribution is 7.99. The zero-order valence-corrected chi connectivity index (χ0v) is 9.20. The molecule has 0 spiro atoms. The average Bonchev–Trinajstić information content (AvgIpc) is 1.84. The summed E-state index contributed by atoms with van der Waals surface area (Å²) in [5.74, 6) is 1.09. The number of carbonyl (C=O) groups excluding carboxylic acids is 1. The Hall–Kier alpha value is -0.180. The van der Waals surface area contributed by atoms with Gasteiger partial charge >= 0.3 is 0 Å². The van der Waals surface area contributed by atoms with Crippen LogP contribution in [0.1, 0.15) is 34.1 Å². The molecular formula is C9H19NOS. The predicted octanol–water partition coefficient (Wildman–Crippen LogP) is 2.04. The molecule has 72 valence electrons. The van der Waals surface area contributed by atoms with Gasteiger partial charge in [-0.15, -0.1) is 0 Å². The molecule has 0 aliphatic carbocycles. The number of nitrogens with one attached hydrogen (secondary N) is 1. The fourth-order valence-corrected chi connectivity index (χ4v) is 1.56. The number of hydrogen-bond acceptors (Lipinski definition) is 2. The Labute approximate surface area is 79.5 Å². The molecule has 0 bridgehead atoms. The molecule has 0 saturated carbocycles. The minimum absolute atomic E-state index is 0.165. The predicted molar refractivity (Wildman–Crippen MR) is 55.5 cm³/mol. The van der Waals surface area contributed by atoms with Crippen LogP contribution in [0.25, 0.3) is 0 Å². The largest absolute Gasteiger partial charge is 0.354 e. The maximum Gasteiger partial charge on any atom is 0.221 e. The lowest BCUT2D eigenvalue weighted by Crippen LogP contribution is -2.30. The van der Waals surface area contributed by atoms with Crippen LogP contribution in [-0.4, -0.2) is 23.0 Å². The molecule has 0 aromatic rings. The van der Waals surface area contributed by atoms with Crippen LogP contribution < -0.4 is 5.32 Å². The molecular weight excluding hydrogens is 170 g/mol. The summed E-state index contributed by atoms with van der Waals surface area (Å²) in [5.41, 5.74) is 0. The van der Waals surface area contributed by atoms with Crippen LogP contribution in [0.15, 0.2) is 0 Å². The summed E-state index contributed by atoms with van der Waals surface area (Å²) in [7, 11) is 0. The van der Waals surface area contributed by atoms with Crippen LogP contribution in [0.4, 0.5) is 0 Å². The number of thioether (sulfide) groups is 1. The Bertz CT molecular complexity index is 134. The topological polar surface area (TPSA) is 29.1 Å². The monoisotopic (exact) mass is 189 g/mol. The van der Waals surface area contributed by atoms with E-state index < -0.39 is 0 Å². The normalized spacial score (nSPS) is 10.8. The van der Waals surface area contributed by atoms with E-state index in [1.54, 1.807) is 0 Å². The highest BCUT2D eigenvalue weighted by atomic mass is 32.2. The van der Waals surface area contributed by atoms with Crippen LogP contribution >= 0.6 is 11.8 Å². The van der Waals surface area contributed by atoms with Gasteiger partial charge in [-0.1, -0.05) is 13.8 Å². The smallest absolute Gasteiger partial charge is 0.221 e. The molecule has 0 aromatic heterocycles. The minimum Gasteiger partial charge on any atom is -0.354 e. The number of rotatable bonds is 5. The highest BCUT2D eigenvalue weighted by Gasteiger charge is 2.03. The Balaban J connectivity index is 3.32. The van der Waals surface area contributed by atoms with Crippen LogP contribution in [0.2, 0.25) is 0 Å². The first-order valence-corrected chi connectivity index (χ1v) is 5.48. The lowest BCUT2D eigenvalue weighted by Gasteiger charge is -2.08. The van der Waals surface area contributed by atoms with Gasteiger partial charge in [-0.05, 0) is 19.1 Å². The molecule has 0 heterocycles. The summed E-state index contributed by atoms with van der Waals surface area (Å²) < 4.78 is 0. The van der Waals surface area contributed by atoms with Crippen molar-refractivity contribution < 1.29 is 4.79 Å². The lowest BCUT2D eigenvalue weighted by molar-refractivity contribution is -0.121. The molecule has 0 rings (SSSR count). The van der Waals surface area contributed by atoms with E-state index in [1.807, 2.05) is 25.6 Å². The molecule has 1 amide bonds. The van der Waals surface area contributed by atoms with E-state index >= 15 is 0 Å². The summed E-state index contributed by atoms with van der Waals surface area (Å²) in [6, 6.07) is 0.265. The Kier molecular flexibility index (Phi) is 6.25. The van der Waals surface area contributed by atoms with Crippen molar-refractivity contribution in [2.24, 2.45) is 0 Å². The molecule has 1 N–H and O–H groups in total. The lowest BCUT2D eigenvalue weighted by atomic mass is 10.3. The van der Waals surface area contributed by atoms with Gasteiger partial charge in [0.05, 0.1) is 0 Å². The van der Waals surface area contributed by atoms with E-state index in [4.69, 9.17) is 0 Å². The molecule has 0 aliphatic heterocycles. The van der Waals surface area contributed by atoms with Crippen molar-refractivity contribution >= 4 is 17.7 Å². The number of carbonyl (C=O) groups is 1. The van der Waals surface area contributed by atoms with Crippen molar-refractivity contribution in [2.75, 3.05) is 5.75 Å². The molecule has 0 aliphatic rings. The molecule has 0 atom stereocenters. The Morgan fingerprint density at radius 2 is 1.92 bits per heavy atom.